The van der Waals surface area contributed by atoms with Crippen molar-refractivity contribution in [3.8, 4) is 0 Å². The number of rotatable bonds is 6. The second-order valence-corrected chi connectivity index (χ2v) is 7.47. The van der Waals surface area contributed by atoms with Crippen LogP contribution in [-0.4, -0.2) is 32.1 Å². The van der Waals surface area contributed by atoms with E-state index in [1.165, 1.54) is 18.3 Å². The number of sulfonamides is 1. The number of hydrazone groups is 1. The number of carbonyl (C=O) groups is 1. The zero-order valence-corrected chi connectivity index (χ0v) is 15.0. The summed E-state index contributed by atoms with van der Waals surface area (Å²) in [4.78, 5) is 14.9. The molecule has 0 radical (unpaired) electrons. The molecule has 0 spiro atoms. The molecule has 2 aromatic carbocycles. The molecule has 3 rings (SSSR count). The quantitative estimate of drug-likeness (QED) is 0.444. The van der Waals surface area contributed by atoms with Crippen molar-refractivity contribution in [2.24, 2.45) is 5.10 Å². The van der Waals surface area contributed by atoms with Gasteiger partial charge < -0.3 is 4.98 Å². The first-order chi connectivity index (χ1) is 12.5. The molecule has 3 N–H and O–H groups in total. The van der Waals surface area contributed by atoms with Crippen LogP contribution in [0.3, 0.4) is 0 Å². The highest BCUT2D eigenvalue weighted by molar-refractivity contribution is 7.89. The van der Waals surface area contributed by atoms with Crippen LogP contribution in [0.25, 0.3) is 10.9 Å². The van der Waals surface area contributed by atoms with E-state index in [0.29, 0.717) is 10.7 Å². The summed E-state index contributed by atoms with van der Waals surface area (Å²) < 4.78 is 26.3. The fourth-order valence-electron chi connectivity index (χ4n) is 2.27. The normalized spacial score (nSPS) is 11.9. The van der Waals surface area contributed by atoms with Crippen molar-refractivity contribution < 1.29 is 13.2 Å². The zero-order chi connectivity index (χ0) is 18.6. The molecular formula is C17H15ClN4O3S. The van der Waals surface area contributed by atoms with Crippen LogP contribution in [0.4, 0.5) is 0 Å². The number of benzene rings is 2. The van der Waals surface area contributed by atoms with Gasteiger partial charge in [-0.1, -0.05) is 48.0 Å². The molecule has 1 heterocycles. The molecule has 26 heavy (non-hydrogen) atoms. The summed E-state index contributed by atoms with van der Waals surface area (Å²) in [5.41, 5.74) is 3.64. The van der Waals surface area contributed by atoms with Crippen molar-refractivity contribution in [1.29, 1.82) is 0 Å². The minimum absolute atomic E-state index is 0.0844. The predicted octanol–water partition coefficient (Wildman–Crippen LogP) is 2.25. The average molecular weight is 391 g/mol. The first kappa shape index (κ1) is 18.1. The summed E-state index contributed by atoms with van der Waals surface area (Å²) in [6.07, 6.45) is 1.37. The Hall–Kier alpha value is -2.68. The van der Waals surface area contributed by atoms with Gasteiger partial charge in [-0.25, -0.2) is 18.6 Å². The van der Waals surface area contributed by atoms with Crippen molar-refractivity contribution in [2.75, 3.05) is 6.54 Å². The summed E-state index contributed by atoms with van der Waals surface area (Å²) in [7, 11) is -3.75. The van der Waals surface area contributed by atoms with Gasteiger partial charge in [0.1, 0.15) is 0 Å². The van der Waals surface area contributed by atoms with Crippen molar-refractivity contribution in [2.45, 2.75) is 4.90 Å². The van der Waals surface area contributed by atoms with Crippen LogP contribution in [0.15, 0.2) is 64.6 Å². The lowest BCUT2D eigenvalue weighted by molar-refractivity contribution is -0.119. The number of halogens is 1. The second-order valence-electron chi connectivity index (χ2n) is 5.33. The number of hydrogen-bond donors (Lipinski definition) is 3. The van der Waals surface area contributed by atoms with Gasteiger partial charge in [0.25, 0.3) is 5.91 Å². The monoisotopic (exact) mass is 390 g/mol. The van der Waals surface area contributed by atoms with Crippen molar-refractivity contribution in [1.82, 2.24) is 15.1 Å². The lowest BCUT2D eigenvalue weighted by atomic mass is 10.2. The predicted molar refractivity (Wildman–Crippen MR) is 101 cm³/mol. The van der Waals surface area contributed by atoms with Crippen LogP contribution < -0.4 is 10.1 Å². The molecule has 134 valence electrons. The second kappa shape index (κ2) is 7.69. The van der Waals surface area contributed by atoms with Gasteiger partial charge in [-0.05, 0) is 18.2 Å². The smallest absolute Gasteiger partial charge is 0.255 e. The van der Waals surface area contributed by atoms with E-state index in [9.17, 15) is 13.2 Å². The van der Waals surface area contributed by atoms with E-state index >= 15 is 0 Å². The van der Waals surface area contributed by atoms with Gasteiger partial charge >= 0.3 is 0 Å². The molecule has 0 unspecified atom stereocenters. The Morgan fingerprint density at radius 1 is 1.12 bits per heavy atom. The molecule has 1 aromatic heterocycles. The lowest BCUT2D eigenvalue weighted by Crippen LogP contribution is -2.34. The number of hydrogen-bond acceptors (Lipinski definition) is 4. The van der Waals surface area contributed by atoms with E-state index in [-0.39, 0.29) is 4.90 Å². The maximum Gasteiger partial charge on any atom is 0.255 e. The highest BCUT2D eigenvalue weighted by Crippen LogP contribution is 2.25. The van der Waals surface area contributed by atoms with E-state index in [0.717, 1.165) is 10.9 Å². The molecule has 9 heteroatoms. The van der Waals surface area contributed by atoms with Gasteiger partial charge in [-0.3, -0.25) is 4.79 Å². The molecule has 0 aliphatic rings. The van der Waals surface area contributed by atoms with E-state index < -0.39 is 22.5 Å². The highest BCUT2D eigenvalue weighted by atomic mass is 35.5. The largest absolute Gasteiger partial charge is 0.352 e. The first-order valence-corrected chi connectivity index (χ1v) is 9.46. The molecule has 0 bridgehead atoms. The van der Waals surface area contributed by atoms with Crippen molar-refractivity contribution in [3.05, 3.63) is 65.3 Å². The average Bonchev–Trinajstić information content (AvgIpc) is 2.97. The Bertz CT molecular complexity index is 1060. The van der Waals surface area contributed by atoms with Crippen LogP contribution in [0, 0.1) is 0 Å². The summed E-state index contributed by atoms with van der Waals surface area (Å²) >= 11 is 6.23. The molecule has 0 saturated heterocycles. The van der Waals surface area contributed by atoms with Crippen LogP contribution >= 0.6 is 11.6 Å². The molecule has 0 atom stereocenters. The van der Waals surface area contributed by atoms with Crippen LogP contribution in [0.2, 0.25) is 5.02 Å². The first-order valence-electron chi connectivity index (χ1n) is 7.60. The number of aromatic nitrogens is 1. The molecule has 0 saturated carbocycles. The summed E-state index contributed by atoms with van der Waals surface area (Å²) in [5.74, 6) is -0.604. The van der Waals surface area contributed by atoms with Crippen molar-refractivity contribution in [3.63, 3.8) is 0 Å². The van der Waals surface area contributed by atoms with Gasteiger partial charge in [0.2, 0.25) is 10.0 Å². The lowest BCUT2D eigenvalue weighted by Gasteiger charge is -2.05. The number of para-hydroxylation sites is 1. The Kier molecular flexibility index (Phi) is 5.36. The summed E-state index contributed by atoms with van der Waals surface area (Å²) in [5, 5.41) is 5.13. The molecule has 1 amide bonds. The zero-order valence-electron chi connectivity index (χ0n) is 13.4. The third kappa shape index (κ3) is 4.10. The van der Waals surface area contributed by atoms with Gasteiger partial charge in [-0.2, -0.15) is 5.10 Å². The maximum atomic E-state index is 12.0. The molecule has 7 nitrogen and oxygen atoms in total. The van der Waals surface area contributed by atoms with Gasteiger partial charge in [0, 0.05) is 10.9 Å². The van der Waals surface area contributed by atoms with E-state index in [4.69, 9.17) is 11.6 Å². The summed E-state index contributed by atoms with van der Waals surface area (Å²) in [6, 6.07) is 15.3. The van der Waals surface area contributed by atoms with Crippen LogP contribution in [0.1, 0.15) is 5.69 Å². The number of amides is 1. The van der Waals surface area contributed by atoms with Gasteiger partial charge in [0.05, 0.1) is 28.4 Å². The Balaban J connectivity index is 1.58. The maximum absolute atomic E-state index is 12.0. The number of carbonyl (C=O) groups excluding carboxylic acids is 1. The van der Waals surface area contributed by atoms with E-state index in [2.05, 4.69) is 20.2 Å². The van der Waals surface area contributed by atoms with Crippen molar-refractivity contribution >= 4 is 44.6 Å². The number of H-pyrrole nitrogens is 1. The topological polar surface area (TPSA) is 103 Å². The number of aromatic amines is 1. The Morgan fingerprint density at radius 3 is 2.54 bits per heavy atom. The van der Waals surface area contributed by atoms with Crippen LogP contribution in [-0.2, 0) is 14.8 Å². The minimum Gasteiger partial charge on any atom is -0.352 e. The fraction of sp³-hybridized carbons (Fsp3) is 0.0588. The van der Waals surface area contributed by atoms with Gasteiger partial charge in [-0.15, -0.1) is 0 Å². The number of fused-ring (bicyclic) bond motifs is 1. The summed E-state index contributed by atoms with van der Waals surface area (Å²) in [6.45, 7) is -0.436. The number of nitrogens with one attached hydrogen (secondary N) is 3. The molecule has 0 fully saturated rings. The molecule has 0 aliphatic carbocycles. The number of nitrogens with zero attached hydrogens (tertiary/aromatic N) is 1. The Morgan fingerprint density at radius 2 is 1.81 bits per heavy atom. The van der Waals surface area contributed by atoms with E-state index in [1.807, 2.05) is 24.3 Å². The van der Waals surface area contributed by atoms with Crippen LogP contribution in [0.5, 0.6) is 0 Å². The third-order valence-electron chi connectivity index (χ3n) is 3.53. The molecular weight excluding hydrogens is 376 g/mol. The Labute approximate surface area is 155 Å². The minimum atomic E-state index is -3.75. The standard InChI is InChI=1S/C17H15ClN4O3S/c18-17-13-8-4-5-9-14(13)21-15(17)10-19-22-16(23)11-20-26(24,25)12-6-2-1-3-7-12/h1-10,20-21H,11H2,(H,22,23)/b19-10+. The molecule has 3 aromatic rings. The fourth-order valence-corrected chi connectivity index (χ4v) is 3.53. The third-order valence-corrected chi connectivity index (χ3v) is 5.35. The SMILES string of the molecule is O=C(CNS(=O)(=O)c1ccccc1)N/N=C/c1[nH]c2ccccc2c1Cl. The highest BCUT2D eigenvalue weighted by Gasteiger charge is 2.14. The van der Waals surface area contributed by atoms with E-state index in [1.54, 1.807) is 18.2 Å². The molecule has 0 aliphatic heterocycles. The van der Waals surface area contributed by atoms with Gasteiger partial charge in [0.15, 0.2) is 0 Å².